The van der Waals surface area contributed by atoms with Gasteiger partial charge in [-0.05, 0) is 24.3 Å². The van der Waals surface area contributed by atoms with Crippen molar-refractivity contribution < 1.29 is 4.57 Å². The maximum absolute atomic E-state index is 15.7. The van der Waals surface area contributed by atoms with Gasteiger partial charge in [0.15, 0.2) is 11.6 Å². The van der Waals surface area contributed by atoms with Crippen molar-refractivity contribution in [2.75, 3.05) is 0 Å². The van der Waals surface area contributed by atoms with Crippen molar-refractivity contribution in [1.29, 1.82) is 0 Å². The normalized spacial score (nSPS) is 12.0. The summed E-state index contributed by atoms with van der Waals surface area (Å²) < 4.78 is 19.9. The summed E-state index contributed by atoms with van der Waals surface area (Å²) in [4.78, 5) is 19.4. The molecule has 9 aromatic rings. The van der Waals surface area contributed by atoms with Gasteiger partial charge in [-0.1, -0.05) is 103 Å². The van der Waals surface area contributed by atoms with Crippen molar-refractivity contribution in [1.82, 2.24) is 29.1 Å². The molecule has 7 nitrogen and oxygen atoms in total. The van der Waals surface area contributed by atoms with E-state index in [0.29, 0.717) is 27.8 Å². The van der Waals surface area contributed by atoms with Crippen molar-refractivity contribution in [3.8, 4) is 11.6 Å². The Labute approximate surface area is 263 Å². The third-order valence-corrected chi connectivity index (χ3v) is 11.3. The summed E-state index contributed by atoms with van der Waals surface area (Å²) >= 11 is 0. The Bertz CT molecular complexity index is 2380. The molecule has 0 unspecified atom stereocenters. The monoisotopic (exact) mass is 612 g/mol. The molecular weight excluding hydrogens is 587 g/mol. The van der Waals surface area contributed by atoms with E-state index in [1.54, 1.807) is 24.8 Å². The van der Waals surface area contributed by atoms with Crippen molar-refractivity contribution in [3.63, 3.8) is 0 Å². The van der Waals surface area contributed by atoms with Crippen molar-refractivity contribution in [3.05, 3.63) is 152 Å². The van der Waals surface area contributed by atoms with E-state index < -0.39 is 7.14 Å². The minimum atomic E-state index is -3.65. The Morgan fingerprint density at radius 1 is 0.413 bits per heavy atom. The third-order valence-electron chi connectivity index (χ3n) is 8.60. The fourth-order valence-electron chi connectivity index (χ4n) is 6.57. The molecule has 0 spiro atoms. The second-order valence-corrected chi connectivity index (χ2v) is 13.8. The molecule has 0 fully saturated rings. The molecule has 5 aromatic carbocycles. The standard InChI is InChI=1S/C38H25N6OP/c45-46(26-12-2-1-3-13-26,37-24-39-22-35(41-37)43-31-18-8-4-14-27(31)28-15-5-9-19-32(28)43)38-25-40-23-36(42-38)44-33-20-10-6-16-29(33)30-17-7-11-21-34(30)44/h1-25H. The van der Waals surface area contributed by atoms with Gasteiger partial charge in [-0.3, -0.25) is 19.1 Å². The van der Waals surface area contributed by atoms with Gasteiger partial charge in [-0.2, -0.15) is 0 Å². The molecule has 0 aliphatic rings. The summed E-state index contributed by atoms with van der Waals surface area (Å²) in [6.07, 6.45) is 6.63. The Balaban J connectivity index is 1.28. The van der Waals surface area contributed by atoms with E-state index in [9.17, 15) is 0 Å². The molecule has 0 saturated carbocycles. The average Bonchev–Trinajstić information content (AvgIpc) is 3.65. The second kappa shape index (κ2) is 10.3. The van der Waals surface area contributed by atoms with Crippen LogP contribution in [0.25, 0.3) is 55.2 Å². The molecule has 0 atom stereocenters. The van der Waals surface area contributed by atoms with Crippen LogP contribution in [-0.4, -0.2) is 29.1 Å². The first kappa shape index (κ1) is 26.5. The van der Waals surface area contributed by atoms with Gasteiger partial charge in [0, 0.05) is 26.8 Å². The zero-order valence-corrected chi connectivity index (χ0v) is 25.4. The van der Waals surface area contributed by atoms with E-state index in [1.807, 2.05) is 78.9 Å². The van der Waals surface area contributed by atoms with E-state index in [0.717, 1.165) is 43.6 Å². The van der Waals surface area contributed by atoms with Gasteiger partial charge in [0.05, 0.1) is 46.9 Å². The average molecular weight is 613 g/mol. The van der Waals surface area contributed by atoms with E-state index in [2.05, 4.69) is 67.6 Å². The summed E-state index contributed by atoms with van der Waals surface area (Å²) in [5, 5.41) is 5.06. The highest BCUT2D eigenvalue weighted by atomic mass is 31.2. The van der Waals surface area contributed by atoms with Crippen LogP contribution in [0.2, 0.25) is 0 Å². The first-order valence-corrected chi connectivity index (χ1v) is 16.7. The van der Waals surface area contributed by atoms with Crippen LogP contribution in [0.1, 0.15) is 0 Å². The minimum Gasteiger partial charge on any atom is -0.305 e. The largest absolute Gasteiger partial charge is 0.305 e. The van der Waals surface area contributed by atoms with Gasteiger partial charge < -0.3 is 4.57 Å². The molecule has 0 radical (unpaired) electrons. The molecule has 0 aliphatic carbocycles. The number of fused-ring (bicyclic) bond motifs is 6. The predicted octanol–water partition coefficient (Wildman–Crippen LogP) is 7.10. The molecule has 4 aromatic heterocycles. The van der Waals surface area contributed by atoms with Gasteiger partial charge >= 0.3 is 0 Å². The molecule has 8 heteroatoms. The highest BCUT2D eigenvalue weighted by Gasteiger charge is 2.35. The number of hydrogen-bond acceptors (Lipinski definition) is 5. The molecule has 0 amide bonds. The summed E-state index contributed by atoms with van der Waals surface area (Å²) in [5.41, 5.74) is 4.67. The molecule has 218 valence electrons. The number of benzene rings is 5. The fraction of sp³-hybridized carbons (Fsp3) is 0. The maximum Gasteiger partial charge on any atom is 0.209 e. The van der Waals surface area contributed by atoms with E-state index in [1.165, 1.54) is 0 Å². The molecular formula is C38H25N6OP. The predicted molar refractivity (Wildman–Crippen MR) is 186 cm³/mol. The van der Waals surface area contributed by atoms with Gasteiger partial charge in [0.25, 0.3) is 0 Å². The number of aromatic nitrogens is 6. The van der Waals surface area contributed by atoms with Gasteiger partial charge in [-0.15, -0.1) is 0 Å². The van der Waals surface area contributed by atoms with E-state index >= 15 is 4.57 Å². The quantitative estimate of drug-likeness (QED) is 0.194. The zero-order chi connectivity index (χ0) is 30.7. The lowest BCUT2D eigenvalue weighted by Crippen LogP contribution is -2.30. The Kier molecular flexibility index (Phi) is 5.95. The summed E-state index contributed by atoms with van der Waals surface area (Å²) in [6, 6.07) is 42.3. The lowest BCUT2D eigenvalue weighted by Gasteiger charge is -2.19. The second-order valence-electron chi connectivity index (χ2n) is 11.2. The fourth-order valence-corrected chi connectivity index (χ4v) is 8.87. The molecule has 0 N–H and O–H groups in total. The maximum atomic E-state index is 15.7. The lowest BCUT2D eigenvalue weighted by atomic mass is 10.2. The first-order valence-electron chi connectivity index (χ1n) is 15.0. The number of para-hydroxylation sites is 4. The summed E-state index contributed by atoms with van der Waals surface area (Å²) in [5.74, 6) is 1.16. The molecule has 9 rings (SSSR count). The summed E-state index contributed by atoms with van der Waals surface area (Å²) in [6.45, 7) is 0. The molecule has 0 saturated heterocycles. The van der Waals surface area contributed by atoms with Gasteiger partial charge in [0.2, 0.25) is 7.14 Å². The highest BCUT2D eigenvalue weighted by molar-refractivity contribution is 7.84. The SMILES string of the molecule is O=P(c1ccccc1)(c1cncc(-n2c3ccccc3c3ccccc32)n1)c1cncc(-n2c3ccccc3c3ccccc32)n1. The van der Waals surface area contributed by atoms with Crippen LogP contribution in [0, 0.1) is 0 Å². The molecule has 0 bridgehead atoms. The summed E-state index contributed by atoms with van der Waals surface area (Å²) in [7, 11) is -3.65. The van der Waals surface area contributed by atoms with Crippen molar-refractivity contribution in [2.45, 2.75) is 0 Å². The third kappa shape index (κ3) is 3.89. The lowest BCUT2D eigenvalue weighted by molar-refractivity contribution is 0.591. The van der Waals surface area contributed by atoms with Crippen molar-refractivity contribution in [2.24, 2.45) is 0 Å². The van der Waals surface area contributed by atoms with Crippen LogP contribution < -0.4 is 16.2 Å². The Hall–Kier alpha value is -5.91. The van der Waals surface area contributed by atoms with Crippen LogP contribution in [0.3, 0.4) is 0 Å². The van der Waals surface area contributed by atoms with Gasteiger partial charge in [-0.25, -0.2) is 9.97 Å². The van der Waals surface area contributed by atoms with Crippen LogP contribution >= 0.6 is 7.14 Å². The first-order chi connectivity index (χ1) is 22.7. The van der Waals surface area contributed by atoms with Crippen LogP contribution in [-0.2, 0) is 4.57 Å². The van der Waals surface area contributed by atoms with E-state index in [-0.39, 0.29) is 0 Å². The Morgan fingerprint density at radius 3 is 1.15 bits per heavy atom. The Morgan fingerprint density at radius 2 is 0.761 bits per heavy atom. The molecule has 46 heavy (non-hydrogen) atoms. The van der Waals surface area contributed by atoms with E-state index in [4.69, 9.17) is 9.97 Å². The van der Waals surface area contributed by atoms with Crippen LogP contribution in [0.4, 0.5) is 0 Å². The van der Waals surface area contributed by atoms with Crippen molar-refractivity contribution >= 4 is 66.9 Å². The number of rotatable bonds is 5. The minimum absolute atomic E-state index is 0.340. The topological polar surface area (TPSA) is 78.5 Å². The zero-order valence-electron chi connectivity index (χ0n) is 24.5. The smallest absolute Gasteiger partial charge is 0.209 e. The molecule has 4 heterocycles. The van der Waals surface area contributed by atoms with Crippen LogP contribution in [0.5, 0.6) is 0 Å². The number of hydrogen-bond donors (Lipinski definition) is 0. The molecule has 0 aliphatic heterocycles. The highest BCUT2D eigenvalue weighted by Crippen LogP contribution is 2.41. The van der Waals surface area contributed by atoms with Gasteiger partial charge in [0.1, 0.15) is 10.9 Å². The number of nitrogens with zero attached hydrogens (tertiary/aromatic N) is 6. The van der Waals surface area contributed by atoms with Crippen LogP contribution in [0.15, 0.2) is 152 Å².